The molecule has 1 heterocycles. The van der Waals surface area contributed by atoms with Crippen molar-refractivity contribution in [3.8, 4) is 17.1 Å². The first-order chi connectivity index (χ1) is 14.0. The molecule has 1 amide bonds. The number of hydrogen-bond donors (Lipinski definition) is 1. The van der Waals surface area contributed by atoms with E-state index in [4.69, 9.17) is 23.2 Å². The van der Waals surface area contributed by atoms with E-state index in [1.54, 1.807) is 35.0 Å². The summed E-state index contributed by atoms with van der Waals surface area (Å²) < 4.78 is 1.61. The number of carbonyl (C=O) groups excluding carboxylic acids is 1. The molecule has 3 aromatic carbocycles. The van der Waals surface area contributed by atoms with Gasteiger partial charge >= 0.3 is 0 Å². The monoisotopic (exact) mass is 422 g/mol. The first-order valence-electron chi connectivity index (χ1n) is 8.88. The number of benzene rings is 3. The number of aryl methyl sites for hydroxylation is 1. The van der Waals surface area contributed by atoms with Crippen LogP contribution in [0.25, 0.3) is 17.1 Å². The van der Waals surface area contributed by atoms with Crippen molar-refractivity contribution < 1.29 is 4.79 Å². The van der Waals surface area contributed by atoms with Crippen LogP contribution in [0, 0.1) is 6.92 Å². The first-order valence-corrected chi connectivity index (χ1v) is 9.63. The van der Waals surface area contributed by atoms with Gasteiger partial charge in [-0.1, -0.05) is 71.7 Å². The van der Waals surface area contributed by atoms with Crippen molar-refractivity contribution in [3.63, 3.8) is 0 Å². The van der Waals surface area contributed by atoms with Crippen LogP contribution in [0.4, 0.5) is 5.69 Å². The van der Waals surface area contributed by atoms with Crippen LogP contribution in [-0.2, 0) is 0 Å². The molecule has 4 aromatic rings. The van der Waals surface area contributed by atoms with E-state index in [0.29, 0.717) is 27.2 Å². The minimum Gasteiger partial charge on any atom is -0.318 e. The number of carbonyl (C=O) groups is 1. The fraction of sp³-hybridized carbons (Fsp3) is 0.0455. The lowest BCUT2D eigenvalue weighted by Gasteiger charge is -2.07. The largest absolute Gasteiger partial charge is 0.318 e. The molecule has 1 N–H and O–H groups in total. The highest BCUT2D eigenvalue weighted by Crippen LogP contribution is 2.25. The molecular weight excluding hydrogens is 407 g/mol. The van der Waals surface area contributed by atoms with Crippen molar-refractivity contribution in [2.24, 2.45) is 0 Å². The quantitative estimate of drug-likeness (QED) is 0.451. The summed E-state index contributed by atoms with van der Waals surface area (Å²) >= 11 is 12.4. The predicted octanol–water partition coefficient (Wildman–Crippen LogP) is 5.80. The zero-order valence-corrected chi connectivity index (χ0v) is 16.9. The summed E-state index contributed by atoms with van der Waals surface area (Å²) in [6.07, 6.45) is 0. The number of anilines is 1. The Morgan fingerprint density at radius 3 is 2.38 bits per heavy atom. The summed E-state index contributed by atoms with van der Waals surface area (Å²) in [5.74, 6) is 0.113. The zero-order valence-electron chi connectivity index (χ0n) is 15.4. The molecule has 5 nitrogen and oxygen atoms in total. The lowest BCUT2D eigenvalue weighted by Crippen LogP contribution is -2.14. The van der Waals surface area contributed by atoms with Crippen LogP contribution in [0.3, 0.4) is 0 Å². The van der Waals surface area contributed by atoms with Crippen molar-refractivity contribution in [2.75, 3.05) is 5.32 Å². The smallest absolute Gasteiger partial charge is 0.295 e. The van der Waals surface area contributed by atoms with Crippen molar-refractivity contribution >= 4 is 34.8 Å². The molecule has 7 heteroatoms. The van der Waals surface area contributed by atoms with Crippen LogP contribution in [0.2, 0.25) is 10.0 Å². The van der Waals surface area contributed by atoms with Gasteiger partial charge in [0.15, 0.2) is 5.82 Å². The van der Waals surface area contributed by atoms with Gasteiger partial charge in [0.1, 0.15) is 0 Å². The van der Waals surface area contributed by atoms with Crippen molar-refractivity contribution in [2.45, 2.75) is 6.92 Å². The summed E-state index contributed by atoms with van der Waals surface area (Å²) in [5, 5.41) is 8.25. The van der Waals surface area contributed by atoms with Gasteiger partial charge in [0.25, 0.3) is 5.91 Å². The molecule has 0 spiro atoms. The molecule has 0 aliphatic carbocycles. The summed E-state index contributed by atoms with van der Waals surface area (Å²) in [7, 11) is 0. The van der Waals surface area contributed by atoms with Gasteiger partial charge in [-0.3, -0.25) is 4.79 Å². The Bertz CT molecular complexity index is 1190. The Hall–Kier alpha value is -3.15. The SMILES string of the molecule is Cc1ccc(-n2nc(C(=O)Nc3ccccc3Cl)nc2-c2ccccc2)cc1Cl. The number of halogens is 2. The van der Waals surface area contributed by atoms with Crippen molar-refractivity contribution in [1.29, 1.82) is 0 Å². The maximum atomic E-state index is 12.8. The molecule has 0 unspecified atom stereocenters. The third kappa shape index (κ3) is 4.01. The van der Waals surface area contributed by atoms with E-state index in [9.17, 15) is 4.79 Å². The number of para-hydroxylation sites is 1. The maximum Gasteiger partial charge on any atom is 0.295 e. The van der Waals surface area contributed by atoms with Crippen LogP contribution >= 0.6 is 23.2 Å². The fourth-order valence-electron chi connectivity index (χ4n) is 2.82. The molecule has 0 radical (unpaired) electrons. The molecule has 0 fully saturated rings. The van der Waals surface area contributed by atoms with Crippen LogP contribution in [0.1, 0.15) is 16.2 Å². The Balaban J connectivity index is 1.78. The van der Waals surface area contributed by atoms with E-state index in [1.807, 2.05) is 49.4 Å². The molecule has 0 atom stereocenters. The number of nitrogens with one attached hydrogen (secondary N) is 1. The lowest BCUT2D eigenvalue weighted by molar-refractivity contribution is 0.101. The summed E-state index contributed by atoms with van der Waals surface area (Å²) in [6.45, 7) is 1.92. The van der Waals surface area contributed by atoms with Gasteiger partial charge in [-0.25, -0.2) is 9.67 Å². The Morgan fingerprint density at radius 1 is 0.931 bits per heavy atom. The molecule has 0 aliphatic rings. The van der Waals surface area contributed by atoms with Crippen molar-refractivity contribution in [3.05, 3.63) is 94.2 Å². The third-order valence-electron chi connectivity index (χ3n) is 4.36. The Kier molecular flexibility index (Phi) is 5.34. The van der Waals surface area contributed by atoms with E-state index in [0.717, 1.165) is 11.1 Å². The van der Waals surface area contributed by atoms with Crippen LogP contribution in [0.5, 0.6) is 0 Å². The molecule has 0 saturated carbocycles. The van der Waals surface area contributed by atoms with Crippen LogP contribution in [-0.4, -0.2) is 20.7 Å². The molecule has 1 aromatic heterocycles. The summed E-state index contributed by atoms with van der Waals surface area (Å²) in [4.78, 5) is 17.3. The molecule has 0 saturated heterocycles. The predicted molar refractivity (Wildman–Crippen MR) is 116 cm³/mol. The van der Waals surface area contributed by atoms with Gasteiger partial charge in [0.2, 0.25) is 5.82 Å². The molecule has 4 rings (SSSR count). The number of hydrogen-bond acceptors (Lipinski definition) is 3. The highest BCUT2D eigenvalue weighted by molar-refractivity contribution is 6.33. The third-order valence-corrected chi connectivity index (χ3v) is 5.10. The molecule has 0 aliphatic heterocycles. The van der Waals surface area contributed by atoms with Crippen LogP contribution < -0.4 is 5.32 Å². The van der Waals surface area contributed by atoms with Gasteiger partial charge in [-0.15, -0.1) is 5.10 Å². The topological polar surface area (TPSA) is 59.8 Å². The fourth-order valence-corrected chi connectivity index (χ4v) is 3.17. The molecule has 144 valence electrons. The number of rotatable bonds is 4. The summed E-state index contributed by atoms with van der Waals surface area (Å²) in [6, 6.07) is 22.1. The number of nitrogens with zero attached hydrogens (tertiary/aromatic N) is 3. The highest BCUT2D eigenvalue weighted by Gasteiger charge is 2.19. The van der Waals surface area contributed by atoms with E-state index in [-0.39, 0.29) is 5.82 Å². The van der Waals surface area contributed by atoms with Gasteiger partial charge in [0, 0.05) is 10.6 Å². The molecular formula is C22H16Cl2N4O. The standard InChI is InChI=1S/C22H16Cl2N4O/c1-14-11-12-16(13-18(14)24)28-21(15-7-3-2-4-8-15)26-20(27-28)22(29)25-19-10-6-5-9-17(19)23/h2-13H,1H3,(H,25,29). The molecule has 29 heavy (non-hydrogen) atoms. The average molecular weight is 423 g/mol. The van der Waals surface area contributed by atoms with Gasteiger partial charge in [0.05, 0.1) is 16.4 Å². The van der Waals surface area contributed by atoms with E-state index in [2.05, 4.69) is 15.4 Å². The number of aromatic nitrogens is 3. The normalized spacial score (nSPS) is 10.7. The Labute approximate surface area is 177 Å². The summed E-state index contributed by atoms with van der Waals surface area (Å²) in [5.41, 5.74) is 2.99. The van der Waals surface area contributed by atoms with Gasteiger partial charge in [-0.2, -0.15) is 0 Å². The second-order valence-electron chi connectivity index (χ2n) is 6.40. The zero-order chi connectivity index (χ0) is 20.4. The van der Waals surface area contributed by atoms with Crippen molar-refractivity contribution in [1.82, 2.24) is 14.8 Å². The second-order valence-corrected chi connectivity index (χ2v) is 7.22. The second kappa shape index (κ2) is 8.07. The maximum absolute atomic E-state index is 12.8. The van der Waals surface area contributed by atoms with E-state index < -0.39 is 5.91 Å². The lowest BCUT2D eigenvalue weighted by atomic mass is 10.2. The first kappa shape index (κ1) is 19.2. The average Bonchev–Trinajstić information content (AvgIpc) is 3.18. The minimum atomic E-state index is -0.452. The van der Waals surface area contributed by atoms with E-state index >= 15 is 0 Å². The Morgan fingerprint density at radius 2 is 1.66 bits per heavy atom. The molecule has 0 bridgehead atoms. The minimum absolute atomic E-state index is 0.0282. The van der Waals surface area contributed by atoms with E-state index in [1.165, 1.54) is 0 Å². The van der Waals surface area contributed by atoms with Crippen LogP contribution in [0.15, 0.2) is 72.8 Å². The van der Waals surface area contributed by atoms with Gasteiger partial charge < -0.3 is 5.32 Å². The van der Waals surface area contributed by atoms with Gasteiger partial charge in [-0.05, 0) is 36.8 Å². The number of amides is 1. The highest BCUT2D eigenvalue weighted by atomic mass is 35.5.